The van der Waals surface area contributed by atoms with Gasteiger partial charge in [0.1, 0.15) is 6.10 Å². The zero-order valence-electron chi connectivity index (χ0n) is 16.7. The number of carboxylic acids is 1. The number of esters is 1. The second-order valence-electron chi connectivity index (χ2n) is 7.93. The summed E-state index contributed by atoms with van der Waals surface area (Å²) >= 11 is 0. The molecule has 0 heterocycles. The van der Waals surface area contributed by atoms with Crippen molar-refractivity contribution in [2.24, 2.45) is 16.7 Å². The van der Waals surface area contributed by atoms with Crippen LogP contribution in [0, 0.1) is 16.7 Å². The van der Waals surface area contributed by atoms with Crippen molar-refractivity contribution in [3.63, 3.8) is 0 Å². The predicted molar refractivity (Wildman–Crippen MR) is 97.0 cm³/mol. The van der Waals surface area contributed by atoms with Crippen molar-refractivity contribution in [1.29, 1.82) is 0 Å². The maximum Gasteiger partial charge on any atom is 1.00 e. The first-order valence-electron chi connectivity index (χ1n) is 9.23. The Kier molecular flexibility index (Phi) is 8.37. The molecule has 0 radical (unpaired) electrons. The fraction of sp³-hybridized carbons (Fsp3) is 0.619. The molecule has 138 valence electrons. The predicted octanol–water partition coefficient (Wildman–Crippen LogP) is 1.99. The summed E-state index contributed by atoms with van der Waals surface area (Å²) in [6.45, 7) is 7.73. The van der Waals surface area contributed by atoms with Crippen molar-refractivity contribution in [3.8, 4) is 0 Å². The molecule has 3 unspecified atom stereocenters. The van der Waals surface area contributed by atoms with Crippen LogP contribution < -0.4 is 29.6 Å². The fourth-order valence-corrected chi connectivity index (χ4v) is 3.91. The van der Waals surface area contributed by atoms with Crippen molar-refractivity contribution < 1.29 is 49.0 Å². The van der Waals surface area contributed by atoms with Gasteiger partial charge >= 0.3 is 41.5 Å². The van der Waals surface area contributed by atoms with Crippen molar-refractivity contribution >= 4 is 11.9 Å². The van der Waals surface area contributed by atoms with E-state index in [1.807, 2.05) is 51.1 Å². The molecule has 4 nitrogen and oxygen atoms in total. The van der Waals surface area contributed by atoms with E-state index in [2.05, 4.69) is 6.92 Å². The zero-order chi connectivity index (χ0) is 18.7. The number of benzene rings is 1. The molecule has 1 saturated carbocycles. The summed E-state index contributed by atoms with van der Waals surface area (Å²) in [5.74, 6) is -1.62. The van der Waals surface area contributed by atoms with E-state index in [9.17, 15) is 14.7 Å². The largest absolute Gasteiger partial charge is 1.00 e. The van der Waals surface area contributed by atoms with Gasteiger partial charge in [0.25, 0.3) is 0 Å². The summed E-state index contributed by atoms with van der Waals surface area (Å²) < 4.78 is 5.96. The molecule has 0 amide bonds. The van der Waals surface area contributed by atoms with E-state index in [0.29, 0.717) is 12.8 Å². The molecule has 5 heteroatoms. The molecular formula is C21H30NaO4+. The average Bonchev–Trinajstić information content (AvgIpc) is 2.83. The molecule has 0 aliphatic heterocycles. The van der Waals surface area contributed by atoms with E-state index < -0.39 is 22.7 Å². The van der Waals surface area contributed by atoms with E-state index in [1.54, 1.807) is 0 Å². The number of carbonyl (C=O) groups excluding carboxylic acids is 1. The van der Waals surface area contributed by atoms with Crippen molar-refractivity contribution in [3.05, 3.63) is 35.9 Å². The van der Waals surface area contributed by atoms with Crippen LogP contribution >= 0.6 is 0 Å². The maximum atomic E-state index is 13.1. The van der Waals surface area contributed by atoms with Gasteiger partial charge in [0.05, 0.1) is 11.3 Å². The number of hydrogen-bond acceptors (Lipinski definition) is 3. The van der Waals surface area contributed by atoms with Gasteiger partial charge in [0.15, 0.2) is 0 Å². The molecular weight excluding hydrogens is 339 g/mol. The van der Waals surface area contributed by atoms with E-state index in [4.69, 9.17) is 4.74 Å². The molecule has 1 aliphatic rings. The fourth-order valence-electron chi connectivity index (χ4n) is 3.91. The number of rotatable bonds is 7. The number of carboxylic acid groups (broad SMARTS) is 1. The standard InChI is InChI=1S/C21H30O4.Na/c1-5-6-12-17(15-10-8-7-9-11-15)25-19(24)21(4)14-13-16(18(22)23)20(21,2)3;/h7-11,16-17H,5-6,12-14H2,1-4H3,(H,22,23);/q;+1. The van der Waals surface area contributed by atoms with Crippen LogP contribution in [0.1, 0.15) is 71.5 Å². The first-order chi connectivity index (χ1) is 11.7. The number of hydrogen-bond donors (Lipinski definition) is 1. The molecule has 3 atom stereocenters. The summed E-state index contributed by atoms with van der Waals surface area (Å²) in [4.78, 5) is 24.6. The second kappa shape index (κ2) is 9.38. The molecule has 0 spiro atoms. The van der Waals surface area contributed by atoms with Gasteiger partial charge in [0, 0.05) is 0 Å². The maximum absolute atomic E-state index is 13.1. The van der Waals surface area contributed by atoms with Crippen LogP contribution in [0.5, 0.6) is 0 Å². The molecule has 0 bridgehead atoms. The Hall–Kier alpha value is -0.840. The molecule has 0 aromatic heterocycles. The van der Waals surface area contributed by atoms with Gasteiger partial charge in [-0.25, -0.2) is 0 Å². The third kappa shape index (κ3) is 4.52. The van der Waals surface area contributed by atoms with Gasteiger partial charge in [-0.3, -0.25) is 9.59 Å². The van der Waals surface area contributed by atoms with Gasteiger partial charge in [-0.05, 0) is 43.6 Å². The van der Waals surface area contributed by atoms with Gasteiger partial charge in [-0.1, -0.05) is 57.5 Å². The third-order valence-corrected chi connectivity index (χ3v) is 6.22. The van der Waals surface area contributed by atoms with Gasteiger partial charge < -0.3 is 9.84 Å². The van der Waals surface area contributed by atoms with E-state index >= 15 is 0 Å². The van der Waals surface area contributed by atoms with E-state index in [-0.39, 0.29) is 41.6 Å². The molecule has 1 aromatic carbocycles. The van der Waals surface area contributed by atoms with Crippen molar-refractivity contribution in [2.45, 2.75) is 65.9 Å². The summed E-state index contributed by atoms with van der Waals surface area (Å²) in [7, 11) is 0. The molecule has 1 aliphatic carbocycles. The Morgan fingerprint density at radius 2 is 1.85 bits per heavy atom. The quantitative estimate of drug-likeness (QED) is 0.590. The minimum Gasteiger partial charge on any atom is -0.481 e. The average molecular weight is 369 g/mol. The smallest absolute Gasteiger partial charge is 0.481 e. The summed E-state index contributed by atoms with van der Waals surface area (Å²) in [5, 5.41) is 9.49. The molecule has 26 heavy (non-hydrogen) atoms. The van der Waals surface area contributed by atoms with E-state index in [1.165, 1.54) is 0 Å². The van der Waals surface area contributed by atoms with Crippen molar-refractivity contribution in [2.75, 3.05) is 0 Å². The van der Waals surface area contributed by atoms with Crippen LogP contribution in [0.3, 0.4) is 0 Å². The minimum absolute atomic E-state index is 0. The monoisotopic (exact) mass is 369 g/mol. The number of unbranched alkanes of at least 4 members (excludes halogenated alkanes) is 1. The Morgan fingerprint density at radius 3 is 2.35 bits per heavy atom. The Balaban J connectivity index is 0.00000338. The second-order valence-corrected chi connectivity index (χ2v) is 7.93. The van der Waals surface area contributed by atoms with Crippen LogP contribution in [0.25, 0.3) is 0 Å². The Bertz CT molecular complexity index is 614. The minimum atomic E-state index is -0.827. The Labute approximate surface area is 179 Å². The molecule has 2 rings (SSSR count). The SMILES string of the molecule is CCCCC(OC(=O)C1(C)CCC(C(=O)O)C1(C)C)c1ccccc1.[Na+]. The number of carbonyl (C=O) groups is 2. The normalized spacial score (nSPS) is 25.2. The number of aliphatic carboxylic acids is 1. The summed E-state index contributed by atoms with van der Waals surface area (Å²) in [6.07, 6.45) is 3.58. The molecule has 1 aromatic rings. The topological polar surface area (TPSA) is 63.6 Å². The van der Waals surface area contributed by atoms with Gasteiger partial charge in [-0.15, -0.1) is 0 Å². The molecule has 1 fully saturated rings. The first-order valence-corrected chi connectivity index (χ1v) is 9.23. The van der Waals surface area contributed by atoms with Crippen LogP contribution in [0.2, 0.25) is 0 Å². The summed E-state index contributed by atoms with van der Waals surface area (Å²) in [5.41, 5.74) is -0.421. The van der Waals surface area contributed by atoms with Crippen LogP contribution in [-0.2, 0) is 14.3 Å². The van der Waals surface area contributed by atoms with Gasteiger partial charge in [-0.2, -0.15) is 0 Å². The Morgan fingerprint density at radius 1 is 1.23 bits per heavy atom. The van der Waals surface area contributed by atoms with Crippen LogP contribution in [-0.4, -0.2) is 17.0 Å². The van der Waals surface area contributed by atoms with E-state index in [0.717, 1.165) is 24.8 Å². The van der Waals surface area contributed by atoms with Crippen LogP contribution in [0.4, 0.5) is 0 Å². The molecule has 0 saturated heterocycles. The van der Waals surface area contributed by atoms with Crippen LogP contribution in [0.15, 0.2) is 30.3 Å². The number of ether oxygens (including phenoxy) is 1. The zero-order valence-corrected chi connectivity index (χ0v) is 18.7. The van der Waals surface area contributed by atoms with Crippen molar-refractivity contribution in [1.82, 2.24) is 0 Å². The third-order valence-electron chi connectivity index (χ3n) is 6.22. The van der Waals surface area contributed by atoms with Gasteiger partial charge in [0.2, 0.25) is 0 Å². The first kappa shape index (κ1) is 23.2. The summed E-state index contributed by atoms with van der Waals surface area (Å²) in [6, 6.07) is 9.81. The molecule has 1 N–H and O–H groups in total.